The van der Waals surface area contributed by atoms with Crippen molar-refractivity contribution in [3.8, 4) is 0 Å². The predicted molar refractivity (Wildman–Crippen MR) is 84.2 cm³/mol. The summed E-state index contributed by atoms with van der Waals surface area (Å²) in [7, 11) is 0. The molecule has 1 aliphatic rings. The number of hydrogen-bond acceptors (Lipinski definition) is 3. The Balaban J connectivity index is 2.02. The number of amides is 1. The number of nitrogens with one attached hydrogen (secondary N) is 1. The first-order valence-corrected chi connectivity index (χ1v) is 7.79. The van der Waals surface area contributed by atoms with Crippen LogP contribution in [0, 0.1) is 5.41 Å². The van der Waals surface area contributed by atoms with Gasteiger partial charge in [0.05, 0.1) is 5.69 Å². The third kappa shape index (κ3) is 3.94. The molecule has 21 heavy (non-hydrogen) atoms. The van der Waals surface area contributed by atoms with Crippen molar-refractivity contribution in [3.05, 3.63) is 28.7 Å². The normalized spacial score (nSPS) is 17.4. The van der Waals surface area contributed by atoms with Crippen LogP contribution < -0.4 is 16.6 Å². The maximum atomic E-state index is 12.3. The highest BCUT2D eigenvalue weighted by Gasteiger charge is 2.32. The Hall–Kier alpha value is -1.62. The standard InChI is InChI=1S/C16H25N3O2/c1-2-19-11-13(6-7-15(19)21)18-14(20)10-16(12-17)8-4-3-5-9-16/h6-7,11H,2-5,8-10,12,17H2,1H3,(H,18,20). The molecule has 0 radical (unpaired) electrons. The van der Waals surface area contributed by atoms with Crippen molar-refractivity contribution in [1.29, 1.82) is 0 Å². The Morgan fingerprint density at radius 2 is 2.05 bits per heavy atom. The molecule has 1 aliphatic carbocycles. The number of aromatic nitrogens is 1. The fraction of sp³-hybridized carbons (Fsp3) is 0.625. The van der Waals surface area contributed by atoms with Crippen molar-refractivity contribution in [3.63, 3.8) is 0 Å². The van der Waals surface area contributed by atoms with E-state index in [0.717, 1.165) is 25.7 Å². The van der Waals surface area contributed by atoms with Gasteiger partial charge in [-0.3, -0.25) is 9.59 Å². The number of hydrogen-bond donors (Lipinski definition) is 2. The van der Waals surface area contributed by atoms with Crippen LogP contribution in [0.1, 0.15) is 45.4 Å². The fourth-order valence-corrected chi connectivity index (χ4v) is 3.15. The quantitative estimate of drug-likeness (QED) is 0.872. The van der Waals surface area contributed by atoms with Gasteiger partial charge in [0.1, 0.15) is 0 Å². The van der Waals surface area contributed by atoms with Gasteiger partial charge in [-0.05, 0) is 37.8 Å². The van der Waals surface area contributed by atoms with Crippen LogP contribution in [0.5, 0.6) is 0 Å². The molecule has 1 amide bonds. The summed E-state index contributed by atoms with van der Waals surface area (Å²) in [5, 5.41) is 2.90. The Kier molecular flexibility index (Phi) is 5.17. The van der Waals surface area contributed by atoms with Crippen LogP contribution in [0.3, 0.4) is 0 Å². The van der Waals surface area contributed by atoms with Gasteiger partial charge in [-0.1, -0.05) is 19.3 Å². The van der Waals surface area contributed by atoms with E-state index in [1.54, 1.807) is 16.8 Å². The zero-order valence-corrected chi connectivity index (χ0v) is 12.7. The van der Waals surface area contributed by atoms with E-state index in [1.807, 2.05) is 6.92 Å². The minimum absolute atomic E-state index is 0.0105. The monoisotopic (exact) mass is 291 g/mol. The number of nitrogens with zero attached hydrogens (tertiary/aromatic N) is 1. The summed E-state index contributed by atoms with van der Waals surface area (Å²) in [6.07, 6.45) is 7.78. The predicted octanol–water partition coefficient (Wildman–Crippen LogP) is 2.11. The third-order valence-electron chi connectivity index (χ3n) is 4.49. The van der Waals surface area contributed by atoms with E-state index >= 15 is 0 Å². The number of nitrogens with two attached hydrogens (primary N) is 1. The van der Waals surface area contributed by atoms with Gasteiger partial charge < -0.3 is 15.6 Å². The van der Waals surface area contributed by atoms with Crippen LogP contribution in [-0.2, 0) is 11.3 Å². The highest BCUT2D eigenvalue weighted by Crippen LogP contribution is 2.38. The van der Waals surface area contributed by atoms with Gasteiger partial charge >= 0.3 is 0 Å². The number of rotatable bonds is 5. The molecule has 1 fully saturated rings. The van der Waals surface area contributed by atoms with Crippen molar-refractivity contribution < 1.29 is 4.79 Å². The van der Waals surface area contributed by atoms with E-state index in [-0.39, 0.29) is 16.9 Å². The molecule has 0 aliphatic heterocycles. The molecule has 3 N–H and O–H groups in total. The second kappa shape index (κ2) is 6.89. The molecule has 116 valence electrons. The summed E-state index contributed by atoms with van der Waals surface area (Å²) in [5.41, 5.74) is 6.50. The van der Waals surface area contributed by atoms with E-state index in [0.29, 0.717) is 25.2 Å². The van der Waals surface area contributed by atoms with Gasteiger partial charge in [0.15, 0.2) is 0 Å². The molecule has 0 spiro atoms. The second-order valence-electron chi connectivity index (χ2n) is 6.03. The van der Waals surface area contributed by atoms with E-state index in [4.69, 9.17) is 5.73 Å². The zero-order chi connectivity index (χ0) is 15.3. The van der Waals surface area contributed by atoms with Gasteiger partial charge in [0.25, 0.3) is 5.56 Å². The lowest BCUT2D eigenvalue weighted by Gasteiger charge is -2.35. The smallest absolute Gasteiger partial charge is 0.250 e. The van der Waals surface area contributed by atoms with Crippen molar-refractivity contribution in [1.82, 2.24) is 4.57 Å². The van der Waals surface area contributed by atoms with Crippen molar-refractivity contribution in [2.24, 2.45) is 11.1 Å². The van der Waals surface area contributed by atoms with Gasteiger partial charge in [-0.2, -0.15) is 0 Å². The number of aryl methyl sites for hydroxylation is 1. The largest absolute Gasteiger partial charge is 0.330 e. The van der Waals surface area contributed by atoms with Crippen LogP contribution in [0.15, 0.2) is 23.1 Å². The molecule has 1 heterocycles. The van der Waals surface area contributed by atoms with Crippen molar-refractivity contribution in [2.75, 3.05) is 11.9 Å². The molecular weight excluding hydrogens is 266 g/mol. The molecular formula is C16H25N3O2. The zero-order valence-electron chi connectivity index (χ0n) is 12.7. The highest BCUT2D eigenvalue weighted by atomic mass is 16.1. The van der Waals surface area contributed by atoms with Crippen LogP contribution >= 0.6 is 0 Å². The minimum Gasteiger partial charge on any atom is -0.330 e. The first kappa shape index (κ1) is 15.8. The minimum atomic E-state index is -0.0544. The van der Waals surface area contributed by atoms with E-state index in [9.17, 15) is 9.59 Å². The molecule has 0 bridgehead atoms. The van der Waals surface area contributed by atoms with Gasteiger partial charge in [0, 0.05) is 25.2 Å². The summed E-state index contributed by atoms with van der Waals surface area (Å²) < 4.78 is 1.58. The summed E-state index contributed by atoms with van der Waals surface area (Å²) in [6, 6.07) is 3.14. The van der Waals surface area contributed by atoms with Crippen LogP contribution in [0.25, 0.3) is 0 Å². The van der Waals surface area contributed by atoms with Crippen LogP contribution in [0.4, 0.5) is 5.69 Å². The van der Waals surface area contributed by atoms with Gasteiger partial charge in [0.2, 0.25) is 5.91 Å². The number of carbonyl (C=O) groups excluding carboxylic acids is 1. The van der Waals surface area contributed by atoms with Gasteiger partial charge in [-0.15, -0.1) is 0 Å². The molecule has 2 rings (SSSR count). The van der Waals surface area contributed by atoms with Crippen molar-refractivity contribution in [2.45, 2.75) is 52.0 Å². The first-order valence-electron chi connectivity index (χ1n) is 7.79. The topological polar surface area (TPSA) is 77.1 Å². The van der Waals surface area contributed by atoms with E-state index in [2.05, 4.69) is 5.32 Å². The fourth-order valence-electron chi connectivity index (χ4n) is 3.15. The Bertz CT molecular complexity index is 545. The average molecular weight is 291 g/mol. The second-order valence-corrected chi connectivity index (χ2v) is 6.03. The van der Waals surface area contributed by atoms with Crippen molar-refractivity contribution >= 4 is 11.6 Å². The molecule has 0 aromatic carbocycles. The lowest BCUT2D eigenvalue weighted by atomic mass is 9.71. The summed E-state index contributed by atoms with van der Waals surface area (Å²) in [5.74, 6) is -0.0105. The molecule has 1 aromatic rings. The number of pyridine rings is 1. The maximum absolute atomic E-state index is 12.3. The molecule has 5 heteroatoms. The maximum Gasteiger partial charge on any atom is 0.250 e. The Labute approximate surface area is 125 Å². The lowest BCUT2D eigenvalue weighted by Crippen LogP contribution is -2.36. The third-order valence-corrected chi connectivity index (χ3v) is 4.49. The Morgan fingerprint density at radius 3 is 2.67 bits per heavy atom. The lowest BCUT2D eigenvalue weighted by molar-refractivity contribution is -0.118. The molecule has 1 aromatic heterocycles. The van der Waals surface area contributed by atoms with E-state index < -0.39 is 0 Å². The molecule has 0 atom stereocenters. The Morgan fingerprint density at radius 1 is 1.33 bits per heavy atom. The highest BCUT2D eigenvalue weighted by molar-refractivity contribution is 5.91. The molecule has 0 saturated heterocycles. The molecule has 1 saturated carbocycles. The average Bonchev–Trinajstić information content (AvgIpc) is 2.50. The first-order chi connectivity index (χ1) is 10.1. The summed E-state index contributed by atoms with van der Waals surface area (Å²) >= 11 is 0. The van der Waals surface area contributed by atoms with Crippen LogP contribution in [0.2, 0.25) is 0 Å². The molecule has 0 unspecified atom stereocenters. The SMILES string of the molecule is CCn1cc(NC(=O)CC2(CN)CCCCC2)ccc1=O. The summed E-state index contributed by atoms with van der Waals surface area (Å²) in [4.78, 5) is 23.8. The summed E-state index contributed by atoms with van der Waals surface area (Å²) in [6.45, 7) is 3.06. The van der Waals surface area contributed by atoms with E-state index in [1.165, 1.54) is 12.5 Å². The molecule has 5 nitrogen and oxygen atoms in total. The number of anilines is 1. The van der Waals surface area contributed by atoms with Crippen LogP contribution in [-0.4, -0.2) is 17.0 Å². The van der Waals surface area contributed by atoms with Gasteiger partial charge in [-0.25, -0.2) is 0 Å². The number of carbonyl (C=O) groups is 1.